The summed E-state index contributed by atoms with van der Waals surface area (Å²) in [5.74, 6) is 0.0735. The topological polar surface area (TPSA) is 92.0 Å². The number of halogens is 3. The number of anilines is 2. The van der Waals surface area contributed by atoms with Gasteiger partial charge in [-0.05, 0) is 30.7 Å². The third-order valence-corrected chi connectivity index (χ3v) is 3.49. The first-order chi connectivity index (χ1) is 11.2. The van der Waals surface area contributed by atoms with Crippen molar-refractivity contribution in [1.29, 1.82) is 0 Å². The predicted octanol–water partition coefficient (Wildman–Crippen LogP) is 2.85. The fourth-order valence-corrected chi connectivity index (χ4v) is 2.52. The Morgan fingerprint density at radius 3 is 2.42 bits per heavy atom. The van der Waals surface area contributed by atoms with Gasteiger partial charge in [-0.25, -0.2) is 4.98 Å². The number of aromatic nitrogens is 3. The number of nitrogens with zero attached hydrogens (tertiary/aromatic N) is 3. The molecule has 0 aliphatic heterocycles. The number of nitrogens with two attached hydrogens (primary N) is 2. The molecule has 2 aromatic heterocycles. The second-order valence-corrected chi connectivity index (χ2v) is 5.26. The highest BCUT2D eigenvalue weighted by Crippen LogP contribution is 2.26. The zero-order valence-corrected chi connectivity index (χ0v) is 12.6. The maximum Gasteiger partial charge on any atom is 0.573 e. The summed E-state index contributed by atoms with van der Waals surface area (Å²) in [7, 11) is 0. The highest BCUT2D eigenvalue weighted by molar-refractivity contribution is 5.87. The number of benzene rings is 1. The smallest absolute Gasteiger partial charge is 0.406 e. The van der Waals surface area contributed by atoms with Gasteiger partial charge in [-0.3, -0.25) is 0 Å². The van der Waals surface area contributed by atoms with Crippen molar-refractivity contribution in [2.45, 2.75) is 19.8 Å². The number of nitrogen functional groups attached to an aromatic ring is 2. The predicted molar refractivity (Wildman–Crippen MR) is 83.3 cm³/mol. The van der Waals surface area contributed by atoms with Gasteiger partial charge >= 0.3 is 6.36 Å². The van der Waals surface area contributed by atoms with E-state index in [9.17, 15) is 13.2 Å². The lowest BCUT2D eigenvalue weighted by Gasteiger charge is -2.11. The lowest BCUT2D eigenvalue weighted by molar-refractivity contribution is -0.274. The number of hydrogen-bond acceptors (Lipinski definition) is 5. The Kier molecular flexibility index (Phi) is 3.70. The van der Waals surface area contributed by atoms with Crippen molar-refractivity contribution in [2.75, 3.05) is 11.5 Å². The molecule has 0 atom stereocenters. The van der Waals surface area contributed by atoms with Gasteiger partial charge in [0.25, 0.3) is 0 Å². The quantitative estimate of drug-likeness (QED) is 0.767. The Hall–Kier alpha value is -2.97. The molecule has 126 valence electrons. The van der Waals surface area contributed by atoms with Crippen LogP contribution in [0.4, 0.5) is 24.9 Å². The Morgan fingerprint density at radius 1 is 1.12 bits per heavy atom. The lowest BCUT2D eigenvalue weighted by Crippen LogP contribution is -2.17. The van der Waals surface area contributed by atoms with Crippen LogP contribution in [0.25, 0.3) is 11.0 Å². The molecular weight excluding hydrogens is 323 g/mol. The minimum atomic E-state index is -4.71. The molecule has 0 radical (unpaired) electrons. The zero-order chi connectivity index (χ0) is 17.5. The van der Waals surface area contributed by atoms with Gasteiger partial charge in [0.1, 0.15) is 11.3 Å². The van der Waals surface area contributed by atoms with E-state index in [0.717, 1.165) is 11.3 Å². The van der Waals surface area contributed by atoms with E-state index in [-0.39, 0.29) is 17.5 Å². The molecule has 0 unspecified atom stereocenters. The zero-order valence-electron chi connectivity index (χ0n) is 12.6. The maximum absolute atomic E-state index is 12.2. The Balaban J connectivity index is 1.91. The van der Waals surface area contributed by atoms with Crippen LogP contribution in [0.5, 0.6) is 5.75 Å². The third kappa shape index (κ3) is 3.19. The molecule has 9 heteroatoms. The summed E-state index contributed by atoms with van der Waals surface area (Å²) in [5.41, 5.74) is 14.4. The highest BCUT2D eigenvalue weighted by atomic mass is 19.4. The van der Waals surface area contributed by atoms with Gasteiger partial charge in [0, 0.05) is 12.2 Å². The first-order valence-electron chi connectivity index (χ1n) is 6.96. The number of alkyl halides is 3. The monoisotopic (exact) mass is 337 g/mol. The number of fused-ring (bicyclic) bond motifs is 1. The van der Waals surface area contributed by atoms with Gasteiger partial charge in [-0.2, -0.15) is 4.98 Å². The average Bonchev–Trinajstić information content (AvgIpc) is 2.75. The van der Waals surface area contributed by atoms with Crippen LogP contribution >= 0.6 is 0 Å². The molecule has 0 fully saturated rings. The summed E-state index contributed by atoms with van der Waals surface area (Å²) in [6.07, 6.45) is -4.71. The van der Waals surface area contributed by atoms with Crippen molar-refractivity contribution in [1.82, 2.24) is 14.5 Å². The van der Waals surface area contributed by atoms with E-state index in [1.54, 1.807) is 12.1 Å². The molecule has 0 bridgehead atoms. The van der Waals surface area contributed by atoms with Crippen molar-refractivity contribution in [3.63, 3.8) is 0 Å². The molecule has 0 saturated carbocycles. The minimum Gasteiger partial charge on any atom is -0.406 e. The molecule has 4 N–H and O–H groups in total. The van der Waals surface area contributed by atoms with E-state index in [2.05, 4.69) is 14.7 Å². The van der Waals surface area contributed by atoms with Crippen molar-refractivity contribution in [2.24, 2.45) is 0 Å². The SMILES string of the molecule is Cc1cc2nc(N)nc(N)c2n1Cc1ccc(OC(F)(F)F)cc1. The molecule has 0 saturated heterocycles. The van der Waals surface area contributed by atoms with E-state index in [1.165, 1.54) is 12.1 Å². The van der Waals surface area contributed by atoms with Gasteiger partial charge in [-0.1, -0.05) is 12.1 Å². The number of rotatable bonds is 3. The normalized spacial score (nSPS) is 11.8. The molecule has 0 amide bonds. The van der Waals surface area contributed by atoms with E-state index < -0.39 is 6.36 Å². The number of ether oxygens (including phenoxy) is 1. The molecule has 24 heavy (non-hydrogen) atoms. The van der Waals surface area contributed by atoms with Gasteiger partial charge in [-0.15, -0.1) is 13.2 Å². The Labute approximate surface area is 134 Å². The van der Waals surface area contributed by atoms with Gasteiger partial charge in [0.2, 0.25) is 5.95 Å². The van der Waals surface area contributed by atoms with E-state index in [0.29, 0.717) is 17.6 Å². The van der Waals surface area contributed by atoms with Crippen molar-refractivity contribution in [3.8, 4) is 5.75 Å². The molecule has 3 rings (SSSR count). The van der Waals surface area contributed by atoms with E-state index in [1.807, 2.05) is 17.6 Å². The van der Waals surface area contributed by atoms with Crippen LogP contribution in [0.1, 0.15) is 11.3 Å². The maximum atomic E-state index is 12.2. The Bertz CT molecular complexity index is 887. The van der Waals surface area contributed by atoms with Gasteiger partial charge in [0.15, 0.2) is 5.82 Å². The molecular formula is C15H14F3N5O. The molecule has 3 aromatic rings. The number of aryl methyl sites for hydroxylation is 1. The fraction of sp³-hybridized carbons (Fsp3) is 0.200. The standard InChI is InChI=1S/C15H14F3N5O/c1-8-6-11-12(13(19)22-14(20)21-11)23(8)7-9-2-4-10(5-3-9)24-15(16,17)18/h2-6H,7H2,1H3,(H4,19,20,21,22). The molecule has 0 aliphatic rings. The third-order valence-electron chi connectivity index (χ3n) is 3.49. The second kappa shape index (κ2) is 5.59. The van der Waals surface area contributed by atoms with Crippen LogP contribution in [0.2, 0.25) is 0 Å². The molecule has 0 aliphatic carbocycles. The van der Waals surface area contributed by atoms with Crippen LogP contribution in [-0.2, 0) is 6.54 Å². The minimum absolute atomic E-state index is 0.0887. The summed E-state index contributed by atoms with van der Waals surface area (Å²) < 4.78 is 42.3. The first-order valence-corrected chi connectivity index (χ1v) is 6.96. The van der Waals surface area contributed by atoms with E-state index in [4.69, 9.17) is 11.5 Å². The van der Waals surface area contributed by atoms with Crippen LogP contribution in [0.3, 0.4) is 0 Å². The van der Waals surface area contributed by atoms with Crippen LogP contribution < -0.4 is 16.2 Å². The van der Waals surface area contributed by atoms with Crippen LogP contribution in [0.15, 0.2) is 30.3 Å². The summed E-state index contributed by atoms with van der Waals surface area (Å²) in [6, 6.07) is 7.47. The summed E-state index contributed by atoms with van der Waals surface area (Å²) in [5, 5.41) is 0. The fourth-order valence-electron chi connectivity index (χ4n) is 2.52. The van der Waals surface area contributed by atoms with Crippen LogP contribution in [0, 0.1) is 6.92 Å². The first kappa shape index (κ1) is 15.9. The largest absolute Gasteiger partial charge is 0.573 e. The Morgan fingerprint density at radius 2 is 1.79 bits per heavy atom. The van der Waals surface area contributed by atoms with E-state index >= 15 is 0 Å². The highest BCUT2D eigenvalue weighted by Gasteiger charge is 2.30. The number of hydrogen-bond donors (Lipinski definition) is 2. The van der Waals surface area contributed by atoms with Crippen LogP contribution in [-0.4, -0.2) is 20.9 Å². The lowest BCUT2D eigenvalue weighted by atomic mass is 10.2. The van der Waals surface area contributed by atoms with Crippen molar-refractivity contribution >= 4 is 22.8 Å². The summed E-state index contributed by atoms with van der Waals surface area (Å²) >= 11 is 0. The second-order valence-electron chi connectivity index (χ2n) is 5.26. The molecule has 6 nitrogen and oxygen atoms in total. The molecule has 0 spiro atoms. The summed E-state index contributed by atoms with van der Waals surface area (Å²) in [6.45, 7) is 2.28. The van der Waals surface area contributed by atoms with Gasteiger partial charge in [0.05, 0.1) is 5.52 Å². The van der Waals surface area contributed by atoms with Gasteiger partial charge < -0.3 is 20.8 Å². The van der Waals surface area contributed by atoms with Crippen molar-refractivity contribution < 1.29 is 17.9 Å². The summed E-state index contributed by atoms with van der Waals surface area (Å²) in [4.78, 5) is 8.09. The molecule has 2 heterocycles. The molecule has 1 aromatic carbocycles. The average molecular weight is 337 g/mol. The van der Waals surface area contributed by atoms with Crippen molar-refractivity contribution in [3.05, 3.63) is 41.6 Å².